The quantitative estimate of drug-likeness (QED) is 0.180. The van der Waals surface area contributed by atoms with Crippen molar-refractivity contribution in [1.82, 2.24) is 19.1 Å². The number of fused-ring (bicyclic) bond motifs is 7. The van der Waals surface area contributed by atoms with Gasteiger partial charge >= 0.3 is 0 Å². The molecule has 0 atom stereocenters. The molecule has 0 unspecified atom stereocenters. The summed E-state index contributed by atoms with van der Waals surface area (Å²) in [5.41, 5.74) is 14.3. The number of benzene rings is 7. The molecule has 0 saturated carbocycles. The summed E-state index contributed by atoms with van der Waals surface area (Å²) in [6.07, 6.45) is 8.99. The smallest absolute Gasteiger partial charge is 0.165 e. The van der Waals surface area contributed by atoms with Crippen molar-refractivity contribution in [2.24, 2.45) is 0 Å². The van der Waals surface area contributed by atoms with Crippen LogP contribution in [-0.4, -0.2) is 19.1 Å². The highest BCUT2D eigenvalue weighted by Crippen LogP contribution is 2.40. The topological polar surface area (TPSA) is 35.6 Å². The van der Waals surface area contributed by atoms with Crippen LogP contribution in [0, 0.1) is 0 Å². The third kappa shape index (κ3) is 4.84. The molecule has 4 nitrogen and oxygen atoms in total. The van der Waals surface area contributed by atoms with E-state index in [-0.39, 0.29) is 0 Å². The fourth-order valence-corrected chi connectivity index (χ4v) is 8.38. The highest BCUT2D eigenvalue weighted by atomic mass is 15.1. The van der Waals surface area contributed by atoms with Crippen LogP contribution in [-0.2, 0) is 0 Å². The summed E-state index contributed by atoms with van der Waals surface area (Å²) in [6.45, 7) is 0. The monoisotopic (exact) mass is 690 g/mol. The minimum absolute atomic E-state index is 0.826. The molecular weight excluding hydrogens is 657 g/mol. The zero-order valence-electron chi connectivity index (χ0n) is 29.5. The van der Waals surface area contributed by atoms with Gasteiger partial charge in [-0.15, -0.1) is 0 Å². The van der Waals surface area contributed by atoms with Gasteiger partial charge in [-0.25, -0.2) is 9.97 Å². The summed E-state index contributed by atoms with van der Waals surface area (Å²) in [5, 5.41) is 4.86. The highest BCUT2D eigenvalue weighted by molar-refractivity contribution is 6.13. The number of aromatic nitrogens is 4. The lowest BCUT2D eigenvalue weighted by molar-refractivity contribution is 1.04. The second-order valence-electron chi connectivity index (χ2n) is 14.1. The van der Waals surface area contributed by atoms with Crippen LogP contribution in [0.4, 0.5) is 0 Å². The van der Waals surface area contributed by atoms with E-state index in [1.54, 1.807) is 0 Å². The summed E-state index contributed by atoms with van der Waals surface area (Å²) < 4.78 is 4.67. The van der Waals surface area contributed by atoms with Crippen LogP contribution >= 0.6 is 0 Å². The largest absolute Gasteiger partial charge is 0.309 e. The fourth-order valence-electron chi connectivity index (χ4n) is 8.38. The Labute approximate surface area is 312 Å². The molecule has 3 aromatic heterocycles. The van der Waals surface area contributed by atoms with Crippen molar-refractivity contribution in [1.29, 1.82) is 0 Å². The molecular formula is C50H34N4. The van der Waals surface area contributed by atoms with Crippen molar-refractivity contribution in [3.05, 3.63) is 188 Å². The van der Waals surface area contributed by atoms with Crippen molar-refractivity contribution in [3.63, 3.8) is 0 Å². The molecule has 3 heterocycles. The van der Waals surface area contributed by atoms with E-state index in [2.05, 4.69) is 173 Å². The van der Waals surface area contributed by atoms with E-state index in [0.29, 0.717) is 0 Å². The van der Waals surface area contributed by atoms with Crippen LogP contribution in [0.25, 0.3) is 94.1 Å². The average molecular weight is 691 g/mol. The molecule has 4 heteroatoms. The third-order valence-electron chi connectivity index (χ3n) is 10.9. The molecule has 1 aliphatic rings. The van der Waals surface area contributed by atoms with Crippen LogP contribution in [0.5, 0.6) is 0 Å². The molecule has 0 aliphatic heterocycles. The molecule has 0 spiro atoms. The van der Waals surface area contributed by atoms with Gasteiger partial charge in [-0.1, -0.05) is 121 Å². The molecule has 1 aliphatic carbocycles. The summed E-state index contributed by atoms with van der Waals surface area (Å²) in [5.74, 6) is 0.826. The number of allylic oxidation sites excluding steroid dienone is 4. The lowest BCUT2D eigenvalue weighted by Gasteiger charge is -2.14. The van der Waals surface area contributed by atoms with Crippen LogP contribution in [0.2, 0.25) is 0 Å². The first kappa shape index (κ1) is 30.6. The molecule has 10 aromatic rings. The molecule has 0 N–H and O–H groups in total. The van der Waals surface area contributed by atoms with E-state index in [1.165, 1.54) is 54.8 Å². The van der Waals surface area contributed by atoms with Crippen molar-refractivity contribution in [2.75, 3.05) is 0 Å². The van der Waals surface area contributed by atoms with Gasteiger partial charge in [-0.2, -0.15) is 0 Å². The maximum absolute atomic E-state index is 5.35. The molecule has 54 heavy (non-hydrogen) atoms. The van der Waals surface area contributed by atoms with E-state index >= 15 is 0 Å². The molecule has 0 bridgehead atoms. The van der Waals surface area contributed by atoms with Gasteiger partial charge in [0.1, 0.15) is 5.69 Å². The van der Waals surface area contributed by atoms with E-state index in [4.69, 9.17) is 9.97 Å². The van der Waals surface area contributed by atoms with Crippen molar-refractivity contribution < 1.29 is 0 Å². The fraction of sp³-hybridized carbons (Fsp3) is 0.0400. The van der Waals surface area contributed by atoms with Crippen LogP contribution < -0.4 is 0 Å². The standard InChI is InChI=1S/C50H34N4/c1-3-13-33(14-4-1)34-23-25-35(26-24-34)49-50(52-44-20-10-9-19-43(44)51-49)54-46-22-12-8-18-40(46)42-32-37(28-30-48(42)54)36-27-29-47-41(31-36)39-17-7-11-21-45(39)53(47)38-15-5-2-6-16-38/h2-3,5-32H,1,4H2. The van der Waals surface area contributed by atoms with Crippen molar-refractivity contribution >= 4 is 60.2 Å². The van der Waals surface area contributed by atoms with E-state index in [9.17, 15) is 0 Å². The molecule has 0 fully saturated rings. The maximum Gasteiger partial charge on any atom is 0.165 e. The zero-order chi connectivity index (χ0) is 35.6. The van der Waals surface area contributed by atoms with E-state index in [1.807, 2.05) is 18.2 Å². The summed E-state index contributed by atoms with van der Waals surface area (Å²) >= 11 is 0. The van der Waals surface area contributed by atoms with Crippen LogP contribution in [0.1, 0.15) is 18.4 Å². The highest BCUT2D eigenvalue weighted by Gasteiger charge is 2.20. The number of hydrogen-bond donors (Lipinski definition) is 0. The number of hydrogen-bond acceptors (Lipinski definition) is 2. The molecule has 0 saturated heterocycles. The molecule has 7 aromatic carbocycles. The van der Waals surface area contributed by atoms with Gasteiger partial charge in [0.05, 0.1) is 33.1 Å². The minimum Gasteiger partial charge on any atom is -0.309 e. The Morgan fingerprint density at radius 2 is 0.944 bits per heavy atom. The Morgan fingerprint density at radius 3 is 1.61 bits per heavy atom. The van der Waals surface area contributed by atoms with Gasteiger partial charge in [-0.05, 0) is 95.8 Å². The zero-order valence-corrected chi connectivity index (χ0v) is 29.5. The van der Waals surface area contributed by atoms with Crippen LogP contribution in [0.3, 0.4) is 0 Å². The number of para-hydroxylation sites is 5. The predicted molar refractivity (Wildman–Crippen MR) is 225 cm³/mol. The first-order valence-electron chi connectivity index (χ1n) is 18.7. The Bertz CT molecular complexity index is 3140. The van der Waals surface area contributed by atoms with Gasteiger partial charge in [0.2, 0.25) is 0 Å². The van der Waals surface area contributed by atoms with Gasteiger partial charge < -0.3 is 4.57 Å². The molecule has 11 rings (SSSR count). The average Bonchev–Trinajstić information content (AvgIpc) is 3.76. The number of rotatable bonds is 5. The Morgan fingerprint density at radius 1 is 0.407 bits per heavy atom. The van der Waals surface area contributed by atoms with E-state index in [0.717, 1.165) is 57.7 Å². The lowest BCUT2D eigenvalue weighted by atomic mass is 9.98. The lowest BCUT2D eigenvalue weighted by Crippen LogP contribution is -2.03. The van der Waals surface area contributed by atoms with Crippen molar-refractivity contribution in [3.8, 4) is 33.9 Å². The Hall–Kier alpha value is -7.04. The molecule has 0 radical (unpaired) electrons. The second kappa shape index (κ2) is 12.3. The molecule has 0 amide bonds. The summed E-state index contributed by atoms with van der Waals surface area (Å²) in [6, 6.07) is 58.7. The van der Waals surface area contributed by atoms with Gasteiger partial charge in [0.15, 0.2) is 5.82 Å². The third-order valence-corrected chi connectivity index (χ3v) is 10.9. The van der Waals surface area contributed by atoms with Gasteiger partial charge in [-0.3, -0.25) is 4.57 Å². The molecule has 254 valence electrons. The summed E-state index contributed by atoms with van der Waals surface area (Å²) in [4.78, 5) is 10.6. The SMILES string of the molecule is C1=CC(c2ccc(-c3nc4ccccc4nc3-n3c4ccccc4c4cc(-c5ccc6c(c5)c5ccccc5n6-c5ccccc5)ccc43)cc2)=CCC1. The predicted octanol–water partition coefficient (Wildman–Crippen LogP) is 12.9. The van der Waals surface area contributed by atoms with Gasteiger partial charge in [0, 0.05) is 32.8 Å². The first-order chi connectivity index (χ1) is 26.8. The normalized spacial score (nSPS) is 13.1. The Balaban J connectivity index is 1.10. The van der Waals surface area contributed by atoms with Gasteiger partial charge in [0.25, 0.3) is 0 Å². The first-order valence-corrected chi connectivity index (χ1v) is 18.7. The van der Waals surface area contributed by atoms with Crippen LogP contribution in [0.15, 0.2) is 182 Å². The van der Waals surface area contributed by atoms with E-state index < -0.39 is 0 Å². The number of nitrogens with zero attached hydrogens (tertiary/aromatic N) is 4. The summed E-state index contributed by atoms with van der Waals surface area (Å²) in [7, 11) is 0. The van der Waals surface area contributed by atoms with Crippen molar-refractivity contribution in [2.45, 2.75) is 12.8 Å². The maximum atomic E-state index is 5.35. The minimum atomic E-state index is 0.826. The Kier molecular flexibility index (Phi) is 6.96. The second-order valence-corrected chi connectivity index (χ2v) is 14.1.